The molecule has 1 N–H and O–H groups in total. The van der Waals surface area contributed by atoms with Gasteiger partial charge in [-0.25, -0.2) is 8.42 Å². The largest absolute Gasteiger partial charge is 0.493 e. The fraction of sp³-hybridized carbons (Fsp3) is 0.240. The molecule has 0 unspecified atom stereocenters. The average Bonchev–Trinajstić information content (AvgIpc) is 2.83. The smallest absolute Gasteiger partial charge is 0.264 e. The molecule has 0 aliphatic rings. The number of hydrogen-bond donors (Lipinski definition) is 1. The Morgan fingerprint density at radius 3 is 2.15 bits per heavy atom. The molecular formula is C25H28N2O6S. The number of benzene rings is 3. The number of sulfonamides is 1. The number of nitrogens with one attached hydrogen (secondary N) is 1. The molecule has 0 bridgehead atoms. The number of ether oxygens (including phenoxy) is 3. The van der Waals surface area contributed by atoms with E-state index in [4.69, 9.17) is 14.2 Å². The molecule has 3 aromatic rings. The van der Waals surface area contributed by atoms with Crippen molar-refractivity contribution in [3.05, 3.63) is 72.8 Å². The number of carbonyl (C=O) groups is 1. The van der Waals surface area contributed by atoms with Crippen molar-refractivity contribution in [2.24, 2.45) is 0 Å². The standard InChI is InChI=1S/C25H28N2O6S/c1-18(2)33-21-13-10-19(11-14-21)26-25(28)17-27(34(29,30)22-8-6-5-7-9-22)20-12-15-23(31-3)24(16-20)32-4/h5-16,18H,17H2,1-4H3,(H,26,28). The van der Waals surface area contributed by atoms with Crippen molar-refractivity contribution >= 4 is 27.3 Å². The highest BCUT2D eigenvalue weighted by atomic mass is 32.2. The Hall–Kier alpha value is -3.72. The van der Waals surface area contributed by atoms with Crippen LogP contribution in [0.1, 0.15) is 13.8 Å². The number of carbonyl (C=O) groups excluding carboxylic acids is 1. The fourth-order valence-corrected chi connectivity index (χ4v) is 4.67. The summed E-state index contributed by atoms with van der Waals surface area (Å²) in [5, 5.41) is 2.74. The zero-order chi connectivity index (χ0) is 24.7. The summed E-state index contributed by atoms with van der Waals surface area (Å²) < 4.78 is 44.2. The lowest BCUT2D eigenvalue weighted by Gasteiger charge is -2.25. The van der Waals surface area contributed by atoms with Crippen LogP contribution in [0.25, 0.3) is 0 Å². The molecular weight excluding hydrogens is 456 g/mol. The van der Waals surface area contributed by atoms with Crippen molar-refractivity contribution in [1.82, 2.24) is 0 Å². The highest BCUT2D eigenvalue weighted by Gasteiger charge is 2.28. The SMILES string of the molecule is COc1ccc(N(CC(=O)Nc2ccc(OC(C)C)cc2)S(=O)(=O)c2ccccc2)cc1OC. The van der Waals surface area contributed by atoms with Crippen molar-refractivity contribution < 1.29 is 27.4 Å². The first-order chi connectivity index (χ1) is 16.2. The molecule has 0 fully saturated rings. The number of anilines is 2. The summed E-state index contributed by atoms with van der Waals surface area (Å²) in [4.78, 5) is 13.0. The van der Waals surface area contributed by atoms with Crippen LogP contribution < -0.4 is 23.8 Å². The quantitative estimate of drug-likeness (QED) is 0.461. The van der Waals surface area contributed by atoms with Gasteiger partial charge in [0.05, 0.1) is 30.9 Å². The van der Waals surface area contributed by atoms with E-state index >= 15 is 0 Å². The van der Waals surface area contributed by atoms with Gasteiger partial charge < -0.3 is 19.5 Å². The molecule has 0 heterocycles. The van der Waals surface area contributed by atoms with Crippen molar-refractivity contribution in [2.75, 3.05) is 30.4 Å². The van der Waals surface area contributed by atoms with E-state index in [9.17, 15) is 13.2 Å². The Morgan fingerprint density at radius 2 is 1.56 bits per heavy atom. The van der Waals surface area contributed by atoms with E-state index in [1.54, 1.807) is 54.6 Å². The van der Waals surface area contributed by atoms with Crippen LogP contribution in [0, 0.1) is 0 Å². The Bertz CT molecular complexity index is 1210. The molecule has 0 saturated carbocycles. The van der Waals surface area contributed by atoms with Crippen LogP contribution in [0.5, 0.6) is 17.2 Å². The topological polar surface area (TPSA) is 94.2 Å². The van der Waals surface area contributed by atoms with E-state index in [0.717, 1.165) is 4.31 Å². The van der Waals surface area contributed by atoms with E-state index in [0.29, 0.717) is 22.9 Å². The van der Waals surface area contributed by atoms with Gasteiger partial charge in [0.25, 0.3) is 10.0 Å². The van der Waals surface area contributed by atoms with Crippen LogP contribution in [-0.2, 0) is 14.8 Å². The first kappa shape index (κ1) is 24.9. The lowest BCUT2D eigenvalue weighted by molar-refractivity contribution is -0.114. The second-order valence-electron chi connectivity index (χ2n) is 7.60. The van der Waals surface area contributed by atoms with Gasteiger partial charge in [-0.2, -0.15) is 0 Å². The molecule has 0 atom stereocenters. The molecule has 9 heteroatoms. The Morgan fingerprint density at radius 1 is 0.912 bits per heavy atom. The first-order valence-electron chi connectivity index (χ1n) is 10.6. The number of amides is 1. The Kier molecular flexibility index (Phi) is 8.01. The predicted molar refractivity (Wildman–Crippen MR) is 131 cm³/mol. The highest BCUT2D eigenvalue weighted by Crippen LogP contribution is 2.33. The lowest BCUT2D eigenvalue weighted by Crippen LogP contribution is -2.38. The van der Waals surface area contributed by atoms with Crippen molar-refractivity contribution in [2.45, 2.75) is 24.8 Å². The summed E-state index contributed by atoms with van der Waals surface area (Å²) in [7, 11) is -1.11. The molecule has 0 radical (unpaired) electrons. The van der Waals surface area contributed by atoms with E-state index in [2.05, 4.69) is 5.32 Å². The Labute approximate surface area is 200 Å². The van der Waals surface area contributed by atoms with Crippen LogP contribution in [0.3, 0.4) is 0 Å². The molecule has 0 aromatic heterocycles. The van der Waals surface area contributed by atoms with E-state index < -0.39 is 22.5 Å². The molecule has 8 nitrogen and oxygen atoms in total. The van der Waals surface area contributed by atoms with Crippen molar-refractivity contribution in [1.29, 1.82) is 0 Å². The number of nitrogens with zero attached hydrogens (tertiary/aromatic N) is 1. The summed E-state index contributed by atoms with van der Waals surface area (Å²) in [6, 6.07) is 19.5. The molecule has 3 aromatic carbocycles. The predicted octanol–water partition coefficient (Wildman–Crippen LogP) is 4.33. The van der Waals surface area contributed by atoms with Crippen molar-refractivity contribution in [3.63, 3.8) is 0 Å². The van der Waals surface area contributed by atoms with E-state index in [1.165, 1.54) is 32.4 Å². The second-order valence-corrected chi connectivity index (χ2v) is 9.47. The molecule has 0 saturated heterocycles. The van der Waals surface area contributed by atoms with Crippen LogP contribution in [-0.4, -0.2) is 41.2 Å². The van der Waals surface area contributed by atoms with Gasteiger partial charge in [0, 0.05) is 11.8 Å². The minimum Gasteiger partial charge on any atom is -0.493 e. The van der Waals surface area contributed by atoms with Gasteiger partial charge in [-0.15, -0.1) is 0 Å². The average molecular weight is 485 g/mol. The maximum atomic E-state index is 13.5. The summed E-state index contributed by atoms with van der Waals surface area (Å²) >= 11 is 0. The van der Waals surface area contributed by atoms with Gasteiger partial charge in [-0.3, -0.25) is 9.10 Å². The minimum atomic E-state index is -4.05. The van der Waals surface area contributed by atoms with E-state index in [1.807, 2.05) is 13.8 Å². The molecule has 0 aliphatic carbocycles. The van der Waals surface area contributed by atoms with Gasteiger partial charge in [0.15, 0.2) is 11.5 Å². The first-order valence-corrected chi connectivity index (χ1v) is 12.0. The van der Waals surface area contributed by atoms with Crippen LogP contribution in [0.2, 0.25) is 0 Å². The third-order valence-corrected chi connectivity index (χ3v) is 6.57. The third-order valence-electron chi connectivity index (χ3n) is 4.78. The number of hydrogen-bond acceptors (Lipinski definition) is 6. The second kappa shape index (κ2) is 10.9. The monoisotopic (exact) mass is 484 g/mol. The Balaban J connectivity index is 1.90. The maximum absolute atomic E-state index is 13.5. The summed E-state index contributed by atoms with van der Waals surface area (Å²) in [6.45, 7) is 3.40. The van der Waals surface area contributed by atoms with Crippen LogP contribution in [0.15, 0.2) is 77.7 Å². The summed E-state index contributed by atoms with van der Waals surface area (Å²) in [5.41, 5.74) is 0.780. The highest BCUT2D eigenvalue weighted by molar-refractivity contribution is 7.92. The van der Waals surface area contributed by atoms with Gasteiger partial charge in [-0.1, -0.05) is 18.2 Å². The van der Waals surface area contributed by atoms with Gasteiger partial charge in [-0.05, 0) is 62.4 Å². The molecule has 34 heavy (non-hydrogen) atoms. The maximum Gasteiger partial charge on any atom is 0.264 e. The van der Waals surface area contributed by atoms with Crippen LogP contribution >= 0.6 is 0 Å². The minimum absolute atomic E-state index is 0.0266. The van der Waals surface area contributed by atoms with Gasteiger partial charge in [0.2, 0.25) is 5.91 Å². The van der Waals surface area contributed by atoms with Gasteiger partial charge in [0.1, 0.15) is 12.3 Å². The molecule has 1 amide bonds. The fourth-order valence-electron chi connectivity index (χ4n) is 3.23. The lowest BCUT2D eigenvalue weighted by atomic mass is 10.2. The molecule has 3 rings (SSSR count). The molecule has 180 valence electrons. The third kappa shape index (κ3) is 5.99. The summed E-state index contributed by atoms with van der Waals surface area (Å²) in [5.74, 6) is 0.948. The molecule has 0 aliphatic heterocycles. The normalized spacial score (nSPS) is 11.1. The van der Waals surface area contributed by atoms with Gasteiger partial charge >= 0.3 is 0 Å². The number of rotatable bonds is 10. The zero-order valence-corrected chi connectivity index (χ0v) is 20.3. The van der Waals surface area contributed by atoms with E-state index in [-0.39, 0.29) is 16.7 Å². The zero-order valence-electron chi connectivity index (χ0n) is 19.5. The van der Waals surface area contributed by atoms with Crippen molar-refractivity contribution in [3.8, 4) is 17.2 Å². The number of methoxy groups -OCH3 is 2. The van der Waals surface area contributed by atoms with Crippen LogP contribution in [0.4, 0.5) is 11.4 Å². The molecule has 0 spiro atoms. The summed E-state index contributed by atoms with van der Waals surface area (Å²) in [6.07, 6.45) is 0.0266.